The number of furan rings is 1. The zero-order valence-corrected chi connectivity index (χ0v) is 13.0. The van der Waals surface area contributed by atoms with Gasteiger partial charge >= 0.3 is 6.03 Å². The van der Waals surface area contributed by atoms with Crippen molar-refractivity contribution in [1.29, 1.82) is 0 Å². The second-order valence-corrected chi connectivity index (χ2v) is 6.89. The molecule has 1 saturated carbocycles. The Kier molecular flexibility index (Phi) is 3.57. The zero-order valence-electron chi connectivity index (χ0n) is 12.2. The fraction of sp³-hybridized carbons (Fsp3) is 0.533. The van der Waals surface area contributed by atoms with Gasteiger partial charge < -0.3 is 9.32 Å². The molecule has 0 bridgehead atoms. The van der Waals surface area contributed by atoms with Crippen molar-refractivity contribution >= 4 is 22.5 Å². The van der Waals surface area contributed by atoms with Crippen molar-refractivity contribution in [2.45, 2.75) is 38.1 Å². The summed E-state index contributed by atoms with van der Waals surface area (Å²) < 4.78 is 5.29. The quantitative estimate of drug-likeness (QED) is 0.938. The van der Waals surface area contributed by atoms with E-state index in [1.54, 1.807) is 6.26 Å². The molecule has 1 saturated heterocycles. The topological polar surface area (TPSA) is 71.3 Å². The Hall–Kier alpha value is -1.89. The third kappa shape index (κ3) is 2.49. The van der Waals surface area contributed by atoms with Crippen LogP contribution in [0.1, 0.15) is 32.1 Å². The SMILES string of the molecule is O=C(Nc1nnc(-c2ccco2)s1)N1CCC[C@H]1C1CCC1. The first kappa shape index (κ1) is 13.8. The van der Waals surface area contributed by atoms with Crippen molar-refractivity contribution in [3.05, 3.63) is 18.4 Å². The largest absolute Gasteiger partial charge is 0.462 e. The Balaban J connectivity index is 1.43. The summed E-state index contributed by atoms with van der Waals surface area (Å²) in [5.41, 5.74) is 0. The van der Waals surface area contributed by atoms with Crippen molar-refractivity contribution in [3.63, 3.8) is 0 Å². The molecule has 2 aromatic heterocycles. The minimum Gasteiger partial charge on any atom is -0.462 e. The number of hydrogen-bond donors (Lipinski definition) is 1. The van der Waals surface area contributed by atoms with Crippen LogP contribution in [0.25, 0.3) is 10.8 Å². The van der Waals surface area contributed by atoms with E-state index in [1.807, 2.05) is 17.0 Å². The number of amides is 2. The maximum absolute atomic E-state index is 12.5. The molecule has 1 N–H and O–H groups in total. The highest BCUT2D eigenvalue weighted by Crippen LogP contribution is 2.37. The van der Waals surface area contributed by atoms with E-state index in [2.05, 4.69) is 15.5 Å². The van der Waals surface area contributed by atoms with Gasteiger partial charge in [-0.1, -0.05) is 17.8 Å². The maximum atomic E-state index is 12.5. The van der Waals surface area contributed by atoms with Gasteiger partial charge in [-0.2, -0.15) is 0 Å². The minimum atomic E-state index is -0.0449. The molecule has 1 aliphatic heterocycles. The lowest BCUT2D eigenvalue weighted by molar-refractivity contribution is 0.148. The normalized spacial score (nSPS) is 21.8. The van der Waals surface area contributed by atoms with Crippen LogP contribution in [0.4, 0.5) is 9.93 Å². The first-order valence-corrected chi connectivity index (χ1v) is 8.58. The number of nitrogens with zero attached hydrogens (tertiary/aromatic N) is 3. The summed E-state index contributed by atoms with van der Waals surface area (Å²) in [6.45, 7) is 0.844. The molecule has 116 valence electrons. The molecule has 6 nitrogen and oxygen atoms in total. The first-order valence-electron chi connectivity index (χ1n) is 7.76. The Morgan fingerprint density at radius 2 is 2.23 bits per heavy atom. The van der Waals surface area contributed by atoms with Crippen LogP contribution in [0.5, 0.6) is 0 Å². The molecular formula is C15H18N4O2S. The monoisotopic (exact) mass is 318 g/mol. The molecule has 0 aromatic carbocycles. The molecule has 2 amide bonds. The molecule has 3 heterocycles. The second-order valence-electron chi connectivity index (χ2n) is 5.91. The Morgan fingerprint density at radius 3 is 2.95 bits per heavy atom. The van der Waals surface area contributed by atoms with Crippen LogP contribution in [0.15, 0.2) is 22.8 Å². The van der Waals surface area contributed by atoms with Crippen LogP contribution in [-0.4, -0.2) is 33.7 Å². The maximum Gasteiger partial charge on any atom is 0.323 e. The summed E-state index contributed by atoms with van der Waals surface area (Å²) in [6, 6.07) is 4.00. The Labute approximate surface area is 132 Å². The van der Waals surface area contributed by atoms with Crippen molar-refractivity contribution < 1.29 is 9.21 Å². The van der Waals surface area contributed by atoms with Gasteiger partial charge in [-0.05, 0) is 43.7 Å². The molecule has 1 atom stereocenters. The van der Waals surface area contributed by atoms with Gasteiger partial charge in [-0.25, -0.2) is 4.79 Å². The number of urea groups is 1. The van der Waals surface area contributed by atoms with Gasteiger partial charge in [0.05, 0.1) is 6.26 Å². The third-order valence-electron chi connectivity index (χ3n) is 4.62. The van der Waals surface area contributed by atoms with Gasteiger partial charge in [0.25, 0.3) is 0 Å². The summed E-state index contributed by atoms with van der Waals surface area (Å²) >= 11 is 1.33. The fourth-order valence-corrected chi connectivity index (χ4v) is 4.00. The highest BCUT2D eigenvalue weighted by Gasteiger charge is 2.37. The highest BCUT2D eigenvalue weighted by atomic mass is 32.1. The van der Waals surface area contributed by atoms with E-state index in [1.165, 1.54) is 30.6 Å². The number of aromatic nitrogens is 2. The van der Waals surface area contributed by atoms with E-state index in [9.17, 15) is 4.79 Å². The molecule has 2 aromatic rings. The predicted octanol–water partition coefficient (Wildman–Crippen LogP) is 3.59. The second kappa shape index (κ2) is 5.72. The van der Waals surface area contributed by atoms with Gasteiger partial charge in [0.1, 0.15) is 0 Å². The van der Waals surface area contributed by atoms with E-state index in [-0.39, 0.29) is 6.03 Å². The minimum absolute atomic E-state index is 0.0449. The Bertz CT molecular complexity index is 650. The third-order valence-corrected chi connectivity index (χ3v) is 5.48. The molecule has 0 radical (unpaired) electrons. The Morgan fingerprint density at radius 1 is 1.32 bits per heavy atom. The number of carbonyl (C=O) groups excluding carboxylic acids is 1. The molecule has 2 aliphatic rings. The van der Waals surface area contributed by atoms with Crippen LogP contribution in [-0.2, 0) is 0 Å². The van der Waals surface area contributed by atoms with Crippen LogP contribution < -0.4 is 5.32 Å². The van der Waals surface area contributed by atoms with E-state index < -0.39 is 0 Å². The average molecular weight is 318 g/mol. The standard InChI is InChI=1S/C15H18N4O2S/c20-15(19-8-2-6-11(19)10-4-1-5-10)16-14-18-17-13(22-14)12-7-3-9-21-12/h3,7,9-11H,1-2,4-6,8H2,(H,16,18,20)/t11-/m0/s1. The molecule has 7 heteroatoms. The highest BCUT2D eigenvalue weighted by molar-refractivity contribution is 7.18. The molecule has 1 aliphatic carbocycles. The number of carbonyl (C=O) groups is 1. The summed E-state index contributed by atoms with van der Waals surface area (Å²) in [6.07, 6.45) is 7.65. The van der Waals surface area contributed by atoms with Crippen LogP contribution in [0.2, 0.25) is 0 Å². The average Bonchev–Trinajstić information content (AvgIpc) is 3.17. The summed E-state index contributed by atoms with van der Waals surface area (Å²) in [4.78, 5) is 14.5. The van der Waals surface area contributed by atoms with E-state index >= 15 is 0 Å². The van der Waals surface area contributed by atoms with Crippen molar-refractivity contribution in [2.24, 2.45) is 5.92 Å². The van der Waals surface area contributed by atoms with Gasteiger partial charge in [-0.15, -0.1) is 10.2 Å². The van der Waals surface area contributed by atoms with Gasteiger partial charge in [-0.3, -0.25) is 5.32 Å². The molecular weight excluding hydrogens is 300 g/mol. The van der Waals surface area contributed by atoms with Crippen molar-refractivity contribution in [2.75, 3.05) is 11.9 Å². The van der Waals surface area contributed by atoms with Crippen LogP contribution >= 0.6 is 11.3 Å². The van der Waals surface area contributed by atoms with Crippen molar-refractivity contribution in [3.8, 4) is 10.8 Å². The summed E-state index contributed by atoms with van der Waals surface area (Å²) in [5.74, 6) is 1.37. The molecule has 4 rings (SSSR count). The smallest absolute Gasteiger partial charge is 0.323 e. The zero-order chi connectivity index (χ0) is 14.9. The number of rotatable bonds is 3. The number of hydrogen-bond acceptors (Lipinski definition) is 5. The number of likely N-dealkylation sites (tertiary alicyclic amines) is 1. The van der Waals surface area contributed by atoms with Crippen LogP contribution in [0.3, 0.4) is 0 Å². The number of anilines is 1. The van der Waals surface area contributed by atoms with E-state index in [4.69, 9.17) is 4.42 Å². The summed E-state index contributed by atoms with van der Waals surface area (Å²) in [7, 11) is 0. The molecule has 0 spiro atoms. The fourth-order valence-electron chi connectivity index (χ4n) is 3.30. The lowest BCUT2D eigenvalue weighted by Crippen LogP contribution is -2.44. The summed E-state index contributed by atoms with van der Waals surface area (Å²) in [5, 5.41) is 12.2. The lowest BCUT2D eigenvalue weighted by atomic mass is 9.79. The molecule has 0 unspecified atom stereocenters. The van der Waals surface area contributed by atoms with Crippen LogP contribution in [0, 0.1) is 5.92 Å². The van der Waals surface area contributed by atoms with Gasteiger partial charge in [0, 0.05) is 12.6 Å². The molecule has 2 fully saturated rings. The van der Waals surface area contributed by atoms with Gasteiger partial charge in [0.2, 0.25) is 5.13 Å². The van der Waals surface area contributed by atoms with E-state index in [0.717, 1.165) is 19.4 Å². The molecule has 22 heavy (non-hydrogen) atoms. The first-order chi connectivity index (χ1) is 10.8. The number of nitrogens with one attached hydrogen (secondary N) is 1. The van der Waals surface area contributed by atoms with E-state index in [0.29, 0.717) is 27.9 Å². The lowest BCUT2D eigenvalue weighted by Gasteiger charge is -2.36. The van der Waals surface area contributed by atoms with Gasteiger partial charge in [0.15, 0.2) is 10.8 Å². The predicted molar refractivity (Wildman–Crippen MR) is 83.7 cm³/mol. The van der Waals surface area contributed by atoms with Crippen molar-refractivity contribution in [1.82, 2.24) is 15.1 Å².